The lowest BCUT2D eigenvalue weighted by Crippen LogP contribution is -2.27. The Balaban J connectivity index is 1.73. The topological polar surface area (TPSA) is 54.0 Å². The van der Waals surface area contributed by atoms with E-state index in [9.17, 15) is 4.79 Å². The summed E-state index contributed by atoms with van der Waals surface area (Å²) in [6.07, 6.45) is 2.71. The number of hydrogen-bond acceptors (Lipinski definition) is 3. The van der Waals surface area contributed by atoms with Crippen molar-refractivity contribution in [3.8, 4) is 0 Å². The number of nitrogens with one attached hydrogen (secondary N) is 2. The molecule has 1 atom stereocenters. The third kappa shape index (κ3) is 2.50. The molecule has 0 aliphatic carbocycles. The number of rotatable bonds is 3. The molecule has 4 heteroatoms. The van der Waals surface area contributed by atoms with Crippen LogP contribution < -0.4 is 10.6 Å². The van der Waals surface area contributed by atoms with Crippen molar-refractivity contribution < 1.29 is 4.79 Å². The van der Waals surface area contributed by atoms with Crippen molar-refractivity contribution in [2.24, 2.45) is 0 Å². The van der Waals surface area contributed by atoms with Crippen molar-refractivity contribution >= 4 is 11.6 Å². The van der Waals surface area contributed by atoms with Gasteiger partial charge in [0.25, 0.3) is 5.91 Å². The van der Waals surface area contributed by atoms with E-state index in [1.165, 1.54) is 5.56 Å². The number of carbonyl (C=O) groups excluding carboxylic acids is 1. The average molecular weight is 267 g/mol. The first-order chi connectivity index (χ1) is 9.74. The molecule has 0 bridgehead atoms. The van der Waals surface area contributed by atoms with Crippen LogP contribution >= 0.6 is 0 Å². The van der Waals surface area contributed by atoms with Crippen molar-refractivity contribution in [1.29, 1.82) is 0 Å². The van der Waals surface area contributed by atoms with Gasteiger partial charge in [0.05, 0.1) is 11.7 Å². The molecule has 0 radical (unpaired) electrons. The fourth-order valence-corrected chi connectivity index (χ4v) is 2.43. The molecular formula is C16H17N3O. The summed E-state index contributed by atoms with van der Waals surface area (Å²) in [6.45, 7) is 2.89. The number of hydrogen-bond donors (Lipinski definition) is 2. The summed E-state index contributed by atoms with van der Waals surface area (Å²) in [6, 6.07) is 11.4. The van der Waals surface area contributed by atoms with E-state index in [2.05, 4.69) is 15.6 Å². The van der Waals surface area contributed by atoms with E-state index in [4.69, 9.17) is 0 Å². The molecule has 3 rings (SSSR count). The largest absolute Gasteiger partial charge is 0.384 e. The lowest BCUT2D eigenvalue weighted by molar-refractivity contribution is 0.0939. The summed E-state index contributed by atoms with van der Waals surface area (Å²) in [4.78, 5) is 16.5. The normalized spacial score (nSPS) is 14.2. The van der Waals surface area contributed by atoms with Crippen LogP contribution in [0, 0.1) is 0 Å². The summed E-state index contributed by atoms with van der Waals surface area (Å²) >= 11 is 0. The van der Waals surface area contributed by atoms with Crippen molar-refractivity contribution in [3.05, 3.63) is 59.4 Å². The number of aromatic nitrogens is 1. The number of amides is 1. The highest BCUT2D eigenvalue weighted by molar-refractivity contribution is 5.95. The van der Waals surface area contributed by atoms with Crippen LogP contribution in [0.3, 0.4) is 0 Å². The van der Waals surface area contributed by atoms with Crippen molar-refractivity contribution in [1.82, 2.24) is 10.3 Å². The highest BCUT2D eigenvalue weighted by atomic mass is 16.1. The molecule has 0 unspecified atom stereocenters. The molecule has 4 nitrogen and oxygen atoms in total. The van der Waals surface area contributed by atoms with Crippen LogP contribution in [-0.4, -0.2) is 17.4 Å². The first kappa shape index (κ1) is 12.7. The van der Waals surface area contributed by atoms with E-state index in [0.29, 0.717) is 5.56 Å². The van der Waals surface area contributed by atoms with Gasteiger partial charge in [-0.2, -0.15) is 0 Å². The van der Waals surface area contributed by atoms with Gasteiger partial charge in [-0.1, -0.05) is 6.07 Å². The van der Waals surface area contributed by atoms with Gasteiger partial charge in [0.15, 0.2) is 0 Å². The van der Waals surface area contributed by atoms with Gasteiger partial charge in [-0.15, -0.1) is 0 Å². The highest BCUT2D eigenvalue weighted by Crippen LogP contribution is 2.23. The minimum atomic E-state index is -0.102. The number of anilines is 1. The molecule has 1 aliphatic rings. The second-order valence-corrected chi connectivity index (χ2v) is 5.00. The third-order valence-electron chi connectivity index (χ3n) is 3.56. The van der Waals surface area contributed by atoms with Crippen LogP contribution in [0.25, 0.3) is 0 Å². The molecule has 20 heavy (non-hydrogen) atoms. The van der Waals surface area contributed by atoms with E-state index in [1.54, 1.807) is 6.20 Å². The Kier molecular flexibility index (Phi) is 3.37. The number of nitrogens with zero attached hydrogens (tertiary/aromatic N) is 1. The smallest absolute Gasteiger partial charge is 0.251 e. The second-order valence-electron chi connectivity index (χ2n) is 5.00. The Hall–Kier alpha value is -2.36. The van der Waals surface area contributed by atoms with Crippen LogP contribution in [0.1, 0.15) is 34.6 Å². The van der Waals surface area contributed by atoms with Gasteiger partial charge < -0.3 is 10.6 Å². The lowest BCUT2D eigenvalue weighted by atomic mass is 10.1. The maximum atomic E-state index is 12.3. The number of carbonyl (C=O) groups is 1. The van der Waals surface area contributed by atoms with Crippen LogP contribution in [-0.2, 0) is 6.42 Å². The zero-order chi connectivity index (χ0) is 13.9. The van der Waals surface area contributed by atoms with E-state index >= 15 is 0 Å². The molecule has 2 N–H and O–H groups in total. The third-order valence-corrected chi connectivity index (χ3v) is 3.56. The Morgan fingerprint density at radius 2 is 2.25 bits per heavy atom. The zero-order valence-corrected chi connectivity index (χ0v) is 11.4. The lowest BCUT2D eigenvalue weighted by Gasteiger charge is -2.13. The van der Waals surface area contributed by atoms with Crippen LogP contribution in [0.2, 0.25) is 0 Å². The molecular weight excluding hydrogens is 250 g/mol. The number of fused-ring (bicyclic) bond motifs is 1. The predicted molar refractivity (Wildman–Crippen MR) is 78.8 cm³/mol. The van der Waals surface area contributed by atoms with E-state index in [0.717, 1.165) is 24.3 Å². The summed E-state index contributed by atoms with van der Waals surface area (Å²) in [5.74, 6) is -0.0575. The van der Waals surface area contributed by atoms with E-state index < -0.39 is 0 Å². The second kappa shape index (κ2) is 5.33. The Morgan fingerprint density at radius 3 is 3.05 bits per heavy atom. The monoisotopic (exact) mass is 267 g/mol. The fourth-order valence-electron chi connectivity index (χ4n) is 2.43. The number of pyridine rings is 1. The Bertz CT molecular complexity index is 625. The molecule has 2 heterocycles. The van der Waals surface area contributed by atoms with Crippen LogP contribution in [0.5, 0.6) is 0 Å². The molecule has 2 aromatic rings. The highest BCUT2D eigenvalue weighted by Gasteiger charge is 2.15. The minimum absolute atomic E-state index is 0.0575. The predicted octanol–water partition coefficient (Wildman–Crippen LogP) is 2.54. The van der Waals surface area contributed by atoms with Gasteiger partial charge in [0.1, 0.15) is 0 Å². The SMILES string of the molecule is C[C@@H](NC(=O)c1ccc2c(c1)CCN2)c1ccccn1. The van der Waals surface area contributed by atoms with Gasteiger partial charge in [0.2, 0.25) is 0 Å². The molecule has 0 saturated heterocycles. The van der Waals surface area contributed by atoms with Crippen molar-refractivity contribution in [2.75, 3.05) is 11.9 Å². The summed E-state index contributed by atoms with van der Waals surface area (Å²) < 4.78 is 0. The first-order valence-corrected chi connectivity index (χ1v) is 6.82. The van der Waals surface area contributed by atoms with Gasteiger partial charge >= 0.3 is 0 Å². The summed E-state index contributed by atoms with van der Waals surface area (Å²) in [5, 5.41) is 6.27. The van der Waals surface area contributed by atoms with Gasteiger partial charge in [0, 0.05) is 24.0 Å². The molecule has 1 aromatic carbocycles. The quantitative estimate of drug-likeness (QED) is 0.898. The first-order valence-electron chi connectivity index (χ1n) is 6.82. The Labute approximate surface area is 118 Å². The molecule has 0 spiro atoms. The van der Waals surface area contributed by atoms with E-state index in [1.807, 2.05) is 43.3 Å². The van der Waals surface area contributed by atoms with Gasteiger partial charge in [-0.25, -0.2) is 0 Å². The maximum Gasteiger partial charge on any atom is 0.251 e. The summed E-state index contributed by atoms with van der Waals surface area (Å²) in [7, 11) is 0. The molecule has 0 saturated carbocycles. The molecule has 0 fully saturated rings. The zero-order valence-electron chi connectivity index (χ0n) is 11.4. The van der Waals surface area contributed by atoms with Crippen LogP contribution in [0.15, 0.2) is 42.6 Å². The molecule has 1 aliphatic heterocycles. The summed E-state index contributed by atoms with van der Waals surface area (Å²) in [5.41, 5.74) is 3.92. The van der Waals surface area contributed by atoms with E-state index in [-0.39, 0.29) is 11.9 Å². The van der Waals surface area contributed by atoms with Gasteiger partial charge in [-0.05, 0) is 49.2 Å². The standard InChI is InChI=1S/C16H17N3O/c1-11(14-4-2-3-8-17-14)19-16(20)13-5-6-15-12(10-13)7-9-18-15/h2-6,8,10-11,18H,7,9H2,1H3,(H,19,20)/t11-/m1/s1. The average Bonchev–Trinajstić information content (AvgIpc) is 2.95. The Morgan fingerprint density at radius 1 is 1.35 bits per heavy atom. The van der Waals surface area contributed by atoms with Crippen LogP contribution in [0.4, 0.5) is 5.69 Å². The number of benzene rings is 1. The molecule has 1 amide bonds. The van der Waals surface area contributed by atoms with Crippen molar-refractivity contribution in [2.45, 2.75) is 19.4 Å². The van der Waals surface area contributed by atoms with Crippen molar-refractivity contribution in [3.63, 3.8) is 0 Å². The fraction of sp³-hybridized carbons (Fsp3) is 0.250. The maximum absolute atomic E-state index is 12.3. The minimum Gasteiger partial charge on any atom is -0.384 e. The van der Waals surface area contributed by atoms with Gasteiger partial charge in [-0.3, -0.25) is 9.78 Å². The molecule has 1 aromatic heterocycles. The molecule has 102 valence electrons.